The number of benzene rings is 1. The number of rotatable bonds is 4. The van der Waals surface area contributed by atoms with E-state index in [0.717, 1.165) is 12.8 Å². The maximum absolute atomic E-state index is 13.3. The Morgan fingerprint density at radius 2 is 2.06 bits per heavy atom. The average Bonchev–Trinajstić information content (AvgIpc) is 2.29. The Morgan fingerprint density at radius 1 is 1.39 bits per heavy atom. The lowest BCUT2D eigenvalue weighted by Gasteiger charge is -2.52. The van der Waals surface area contributed by atoms with Crippen LogP contribution in [0.5, 0.6) is 5.75 Å². The molecule has 18 heavy (non-hydrogen) atoms. The van der Waals surface area contributed by atoms with E-state index in [2.05, 4.69) is 29.8 Å². The topological polar surface area (TPSA) is 29.5 Å². The van der Waals surface area contributed by atoms with E-state index in [1.54, 1.807) is 6.07 Å². The Labute approximate surface area is 115 Å². The summed E-state index contributed by atoms with van der Waals surface area (Å²) in [6, 6.07) is 4.53. The second-order valence-electron chi connectivity index (χ2n) is 4.90. The van der Waals surface area contributed by atoms with Gasteiger partial charge >= 0.3 is 0 Å². The quantitative estimate of drug-likeness (QED) is 0.912. The highest BCUT2D eigenvalue weighted by Crippen LogP contribution is 2.49. The van der Waals surface area contributed by atoms with E-state index in [9.17, 15) is 9.50 Å². The lowest BCUT2D eigenvalue weighted by Crippen LogP contribution is -2.59. The number of halogens is 2. The molecule has 1 fully saturated rings. The molecule has 0 aromatic heterocycles. The van der Waals surface area contributed by atoms with Crippen molar-refractivity contribution < 1.29 is 14.2 Å². The van der Waals surface area contributed by atoms with E-state index in [4.69, 9.17) is 4.74 Å². The van der Waals surface area contributed by atoms with E-state index >= 15 is 0 Å². The molecule has 0 bridgehead atoms. The van der Waals surface area contributed by atoms with E-state index in [1.807, 2.05) is 0 Å². The van der Waals surface area contributed by atoms with Crippen molar-refractivity contribution in [2.24, 2.45) is 5.41 Å². The van der Waals surface area contributed by atoms with Gasteiger partial charge in [-0.15, -0.1) is 0 Å². The molecule has 1 saturated carbocycles. The molecule has 2 unspecified atom stereocenters. The molecule has 2 rings (SSSR count). The molecule has 1 aliphatic rings. The van der Waals surface area contributed by atoms with Crippen LogP contribution in [0.15, 0.2) is 22.7 Å². The molecule has 4 heteroatoms. The molecular formula is C14H18BrFO2. The van der Waals surface area contributed by atoms with Crippen LogP contribution in [0.2, 0.25) is 0 Å². The van der Waals surface area contributed by atoms with Crippen molar-refractivity contribution in [3.05, 3.63) is 28.5 Å². The summed E-state index contributed by atoms with van der Waals surface area (Å²) < 4.78 is 19.8. The normalized spacial score (nSPS) is 25.6. The van der Waals surface area contributed by atoms with Gasteiger partial charge in [-0.25, -0.2) is 4.39 Å². The molecule has 100 valence electrons. The van der Waals surface area contributed by atoms with Gasteiger partial charge in [-0.3, -0.25) is 0 Å². The minimum absolute atomic E-state index is 0.0313. The first-order valence-corrected chi connectivity index (χ1v) is 7.12. The smallest absolute Gasteiger partial charge is 0.128 e. The molecular weight excluding hydrogens is 299 g/mol. The van der Waals surface area contributed by atoms with Crippen LogP contribution in [-0.4, -0.2) is 17.3 Å². The Balaban J connectivity index is 2.15. The Bertz CT molecular complexity index is 412. The first-order chi connectivity index (χ1) is 8.51. The third-order valence-electron chi connectivity index (χ3n) is 4.17. The molecule has 0 amide bonds. The molecule has 1 aromatic carbocycles. The average molecular weight is 317 g/mol. The van der Waals surface area contributed by atoms with Gasteiger partial charge in [0.2, 0.25) is 0 Å². The molecule has 0 radical (unpaired) electrons. The molecule has 1 aromatic rings. The summed E-state index contributed by atoms with van der Waals surface area (Å²) in [5, 5.41) is 9.95. The summed E-state index contributed by atoms with van der Waals surface area (Å²) in [5.74, 6) is 0.197. The molecule has 0 aliphatic heterocycles. The highest BCUT2D eigenvalue weighted by molar-refractivity contribution is 9.10. The van der Waals surface area contributed by atoms with E-state index in [1.165, 1.54) is 12.1 Å². The van der Waals surface area contributed by atoms with Crippen LogP contribution < -0.4 is 4.74 Å². The minimum Gasteiger partial charge on any atom is -0.490 e. The van der Waals surface area contributed by atoms with Crippen LogP contribution >= 0.6 is 15.9 Å². The van der Waals surface area contributed by atoms with Crippen molar-refractivity contribution in [2.45, 2.75) is 45.3 Å². The third-order valence-corrected chi connectivity index (χ3v) is 4.63. The van der Waals surface area contributed by atoms with Crippen LogP contribution in [0, 0.1) is 11.2 Å². The van der Waals surface area contributed by atoms with Crippen LogP contribution in [0.1, 0.15) is 33.1 Å². The maximum atomic E-state index is 13.3. The zero-order valence-electron chi connectivity index (χ0n) is 10.6. The molecule has 0 heterocycles. The Kier molecular flexibility index (Phi) is 3.97. The number of hydrogen-bond donors (Lipinski definition) is 1. The van der Waals surface area contributed by atoms with E-state index in [0.29, 0.717) is 16.6 Å². The van der Waals surface area contributed by atoms with Crippen LogP contribution in [0.25, 0.3) is 0 Å². The van der Waals surface area contributed by atoms with Gasteiger partial charge in [0.15, 0.2) is 0 Å². The van der Waals surface area contributed by atoms with E-state index < -0.39 is 0 Å². The van der Waals surface area contributed by atoms with Crippen molar-refractivity contribution in [2.75, 3.05) is 0 Å². The van der Waals surface area contributed by atoms with Crippen molar-refractivity contribution in [3.63, 3.8) is 0 Å². The highest BCUT2D eigenvalue weighted by atomic mass is 79.9. The number of hydrogen-bond acceptors (Lipinski definition) is 2. The van der Waals surface area contributed by atoms with Gasteiger partial charge in [0.25, 0.3) is 0 Å². The lowest BCUT2D eigenvalue weighted by atomic mass is 9.60. The Hall–Kier alpha value is -0.610. The fourth-order valence-electron chi connectivity index (χ4n) is 2.83. The zero-order chi connectivity index (χ0) is 13.3. The van der Waals surface area contributed by atoms with Gasteiger partial charge in [0.05, 0.1) is 6.10 Å². The first kappa shape index (κ1) is 13.8. The monoisotopic (exact) mass is 316 g/mol. The fourth-order valence-corrected chi connectivity index (χ4v) is 3.27. The SMILES string of the molecule is CCC1(CC)C(O)CC1Oc1cc(F)cc(Br)c1. The number of ether oxygens (including phenoxy) is 1. The van der Waals surface area contributed by atoms with Crippen molar-refractivity contribution in [1.29, 1.82) is 0 Å². The summed E-state index contributed by atoms with van der Waals surface area (Å²) in [6.07, 6.45) is 2.01. The summed E-state index contributed by atoms with van der Waals surface area (Å²) >= 11 is 3.25. The van der Waals surface area contributed by atoms with Gasteiger partial charge in [0, 0.05) is 22.4 Å². The predicted octanol–water partition coefficient (Wildman–Crippen LogP) is 3.91. The molecule has 1 aliphatic carbocycles. The molecule has 1 N–H and O–H groups in total. The highest BCUT2D eigenvalue weighted by Gasteiger charge is 2.53. The summed E-state index contributed by atoms with van der Waals surface area (Å²) in [4.78, 5) is 0. The van der Waals surface area contributed by atoms with Gasteiger partial charge in [-0.05, 0) is 25.0 Å². The summed E-state index contributed by atoms with van der Waals surface area (Å²) in [6.45, 7) is 4.12. The summed E-state index contributed by atoms with van der Waals surface area (Å²) in [7, 11) is 0. The second-order valence-corrected chi connectivity index (χ2v) is 5.82. The van der Waals surface area contributed by atoms with Gasteiger partial charge in [-0.2, -0.15) is 0 Å². The van der Waals surface area contributed by atoms with Crippen molar-refractivity contribution >= 4 is 15.9 Å². The molecule has 2 nitrogen and oxygen atoms in total. The molecule has 0 spiro atoms. The van der Waals surface area contributed by atoms with Crippen molar-refractivity contribution in [3.8, 4) is 5.75 Å². The molecule has 2 atom stereocenters. The largest absolute Gasteiger partial charge is 0.490 e. The second kappa shape index (κ2) is 5.17. The van der Waals surface area contributed by atoms with E-state index in [-0.39, 0.29) is 23.4 Å². The molecule has 0 saturated heterocycles. The standard InChI is InChI=1S/C14H18BrFO2/c1-3-14(4-2)12(17)8-13(14)18-11-6-9(15)5-10(16)7-11/h5-7,12-13,17H,3-4,8H2,1-2H3. The van der Waals surface area contributed by atoms with Gasteiger partial charge < -0.3 is 9.84 Å². The van der Waals surface area contributed by atoms with Crippen LogP contribution in [0.3, 0.4) is 0 Å². The maximum Gasteiger partial charge on any atom is 0.128 e. The Morgan fingerprint density at radius 3 is 2.56 bits per heavy atom. The first-order valence-electron chi connectivity index (χ1n) is 6.32. The van der Waals surface area contributed by atoms with Crippen LogP contribution in [0.4, 0.5) is 4.39 Å². The summed E-state index contributed by atoms with van der Waals surface area (Å²) in [5.41, 5.74) is -0.182. The van der Waals surface area contributed by atoms with Crippen molar-refractivity contribution in [1.82, 2.24) is 0 Å². The van der Waals surface area contributed by atoms with Crippen LogP contribution in [-0.2, 0) is 0 Å². The third kappa shape index (κ3) is 2.28. The predicted molar refractivity (Wildman–Crippen MR) is 72.2 cm³/mol. The van der Waals surface area contributed by atoms with Gasteiger partial charge in [-0.1, -0.05) is 29.8 Å². The number of aliphatic hydroxyl groups is 1. The number of aliphatic hydroxyl groups excluding tert-OH is 1. The minimum atomic E-state index is -0.321. The zero-order valence-corrected chi connectivity index (χ0v) is 12.2. The fraction of sp³-hybridized carbons (Fsp3) is 0.571. The lowest BCUT2D eigenvalue weighted by molar-refractivity contribution is -0.159. The van der Waals surface area contributed by atoms with Gasteiger partial charge in [0.1, 0.15) is 17.7 Å².